The van der Waals surface area contributed by atoms with Crippen LogP contribution in [0.2, 0.25) is 0 Å². The summed E-state index contributed by atoms with van der Waals surface area (Å²) < 4.78 is 71.5. The molecule has 0 spiro atoms. The van der Waals surface area contributed by atoms with Crippen molar-refractivity contribution in [1.82, 2.24) is 15.0 Å². The quantitative estimate of drug-likeness (QED) is 0.108. The Kier molecular flexibility index (Phi) is 11.1. The monoisotopic (exact) mass is 1060 g/mol. The normalized spacial score (nSPS) is 13.5. The molecule has 0 aliphatic rings. The minimum absolute atomic E-state index is 0. The molecule has 10 aromatic rings. The van der Waals surface area contributed by atoms with Crippen LogP contribution in [-0.4, -0.2) is 15.0 Å². The van der Waals surface area contributed by atoms with Gasteiger partial charge in [-0.15, -0.1) is 94.5 Å². The summed E-state index contributed by atoms with van der Waals surface area (Å²) >= 11 is 0. The topological polar surface area (TPSA) is 38.7 Å². The third-order valence-corrected chi connectivity index (χ3v) is 12.1. The predicted molar refractivity (Wildman–Crippen MR) is 276 cm³/mol. The first-order valence-corrected chi connectivity index (χ1v) is 22.4. The molecule has 3 heterocycles. The van der Waals surface area contributed by atoms with Gasteiger partial charge in [0.2, 0.25) is 0 Å². The average molecular weight is 1060 g/mol. The smallest absolute Gasteiger partial charge is 0.305 e. The maximum absolute atomic E-state index is 8.10. The first kappa shape index (κ1) is 35.8. The molecule has 0 radical (unpaired) electrons. The largest absolute Gasteiger partial charge is 3.00 e. The summed E-state index contributed by atoms with van der Waals surface area (Å²) in [5.41, 5.74) is 17.1. The summed E-state index contributed by atoms with van der Waals surface area (Å²) in [5, 5.41) is 0. The Bertz CT molecular complexity index is 3530. The molecule has 0 amide bonds. The van der Waals surface area contributed by atoms with Gasteiger partial charge < -0.3 is 15.0 Å². The van der Waals surface area contributed by atoms with Crippen molar-refractivity contribution in [2.75, 3.05) is 0 Å². The number of hydrogen-bond acceptors (Lipinski definition) is 3. The SMILES string of the molecule is [2H]C([2H])([2H])c1ccnc(-c2[c-]cc(CCc3cc(CCc4c[c-]c(-c5cc(C([2H])([2H])[2H])ccn5)cc4)cc(-c4ccccc4-c4c[c-]c(-c5cc(C([2H])([2H])[2H])ccn5)cc4-c4ccc(-c5ccccc5)cc4)c3)cc2)c1.[Ir+3]. The van der Waals surface area contributed by atoms with Crippen LogP contribution in [0.5, 0.6) is 0 Å². The predicted octanol–water partition coefficient (Wildman–Crippen LogP) is 15.4. The molecule has 0 atom stereocenters. The van der Waals surface area contributed by atoms with E-state index in [1.165, 1.54) is 36.8 Å². The second kappa shape index (κ2) is 21.1. The zero-order valence-corrected chi connectivity index (χ0v) is 39.5. The van der Waals surface area contributed by atoms with Crippen LogP contribution in [0.25, 0.3) is 78.3 Å². The summed E-state index contributed by atoms with van der Waals surface area (Å²) in [6, 6.07) is 69.5. The van der Waals surface area contributed by atoms with E-state index in [0.29, 0.717) is 22.6 Å². The molecular formula is C64H50IrN3. The molecule has 0 aliphatic heterocycles. The minimum atomic E-state index is -2.30. The van der Waals surface area contributed by atoms with E-state index in [9.17, 15) is 0 Å². The zero-order chi connectivity index (χ0) is 53.0. The Labute approximate surface area is 427 Å². The molecule has 3 nitrogen and oxygen atoms in total. The van der Waals surface area contributed by atoms with Crippen LogP contribution < -0.4 is 0 Å². The molecule has 68 heavy (non-hydrogen) atoms. The first-order valence-electron chi connectivity index (χ1n) is 26.9. The summed E-state index contributed by atoms with van der Waals surface area (Å²) in [6.45, 7) is -6.77. The van der Waals surface area contributed by atoms with Crippen LogP contribution in [0.3, 0.4) is 0 Å². The third-order valence-electron chi connectivity index (χ3n) is 12.1. The van der Waals surface area contributed by atoms with Gasteiger partial charge in [-0.3, -0.25) is 0 Å². The van der Waals surface area contributed by atoms with Gasteiger partial charge in [0.15, 0.2) is 0 Å². The van der Waals surface area contributed by atoms with E-state index in [1.54, 1.807) is 18.2 Å². The van der Waals surface area contributed by atoms with Gasteiger partial charge in [0.25, 0.3) is 0 Å². The Morgan fingerprint density at radius 1 is 0.353 bits per heavy atom. The number of rotatable bonds is 13. The van der Waals surface area contributed by atoms with Gasteiger partial charge in [0, 0.05) is 30.9 Å². The van der Waals surface area contributed by atoms with Crippen LogP contribution in [0, 0.1) is 38.8 Å². The van der Waals surface area contributed by atoms with Gasteiger partial charge in [-0.25, -0.2) is 0 Å². The average Bonchev–Trinajstić information content (AvgIpc) is 3.46. The summed E-state index contributed by atoms with van der Waals surface area (Å²) in [5.74, 6) is 0. The van der Waals surface area contributed by atoms with Crippen molar-refractivity contribution in [3.05, 3.63) is 258 Å². The Hall–Kier alpha value is -7.36. The van der Waals surface area contributed by atoms with Gasteiger partial charge >= 0.3 is 20.1 Å². The number of aryl methyl sites for hydroxylation is 7. The van der Waals surface area contributed by atoms with E-state index in [0.717, 1.165) is 104 Å². The molecule has 0 bridgehead atoms. The minimum Gasteiger partial charge on any atom is -0.305 e. The van der Waals surface area contributed by atoms with E-state index < -0.39 is 20.6 Å². The fourth-order valence-electron chi connectivity index (χ4n) is 8.60. The molecule has 4 heteroatoms. The summed E-state index contributed by atoms with van der Waals surface area (Å²) in [4.78, 5) is 13.5. The Morgan fingerprint density at radius 2 is 0.824 bits per heavy atom. The zero-order valence-electron chi connectivity index (χ0n) is 46.1. The van der Waals surface area contributed by atoms with E-state index >= 15 is 0 Å². The molecule has 3 aromatic heterocycles. The number of pyridine rings is 3. The summed E-state index contributed by atoms with van der Waals surface area (Å²) in [7, 11) is 0. The van der Waals surface area contributed by atoms with Gasteiger partial charge in [0.1, 0.15) is 0 Å². The second-order valence-corrected chi connectivity index (χ2v) is 16.7. The van der Waals surface area contributed by atoms with E-state index in [1.807, 2.05) is 66.7 Å². The second-order valence-electron chi connectivity index (χ2n) is 16.7. The number of hydrogen-bond donors (Lipinski definition) is 0. The maximum Gasteiger partial charge on any atom is 3.00 e. The van der Waals surface area contributed by atoms with Crippen molar-refractivity contribution in [2.45, 2.75) is 46.2 Å². The fraction of sp³-hybridized carbons (Fsp3) is 0.109. The molecule has 330 valence electrons. The molecule has 0 aliphatic carbocycles. The van der Waals surface area contributed by atoms with E-state index in [-0.39, 0.29) is 36.8 Å². The number of benzene rings is 7. The van der Waals surface area contributed by atoms with Crippen LogP contribution in [0.15, 0.2) is 201 Å². The van der Waals surface area contributed by atoms with Crippen molar-refractivity contribution < 1.29 is 32.4 Å². The van der Waals surface area contributed by atoms with Crippen molar-refractivity contribution in [1.29, 1.82) is 0 Å². The van der Waals surface area contributed by atoms with Gasteiger partial charge in [-0.1, -0.05) is 161 Å². The molecule has 0 saturated heterocycles. The van der Waals surface area contributed by atoms with Crippen molar-refractivity contribution >= 4 is 0 Å². The molecule has 0 unspecified atom stereocenters. The maximum atomic E-state index is 8.10. The molecule has 10 rings (SSSR count). The van der Waals surface area contributed by atoms with Gasteiger partial charge in [-0.2, -0.15) is 0 Å². The molecule has 7 aromatic carbocycles. The van der Waals surface area contributed by atoms with Crippen LogP contribution in [-0.2, 0) is 45.8 Å². The Morgan fingerprint density at radius 3 is 1.35 bits per heavy atom. The first-order chi connectivity index (χ1) is 36.5. The van der Waals surface area contributed by atoms with Crippen LogP contribution in [0.1, 0.15) is 51.3 Å². The van der Waals surface area contributed by atoms with Crippen LogP contribution in [0.4, 0.5) is 0 Å². The Balaban J connectivity index is 0.00000722. The van der Waals surface area contributed by atoms with Crippen molar-refractivity contribution in [3.63, 3.8) is 0 Å². The molecule has 0 saturated carbocycles. The van der Waals surface area contributed by atoms with Gasteiger partial charge in [-0.05, 0) is 108 Å². The van der Waals surface area contributed by atoms with Crippen molar-refractivity contribution in [3.8, 4) is 78.3 Å². The number of nitrogens with zero attached hydrogens (tertiary/aromatic N) is 3. The van der Waals surface area contributed by atoms with E-state index in [4.69, 9.17) is 12.3 Å². The third kappa shape index (κ3) is 10.7. The molecule has 0 fully saturated rings. The summed E-state index contributed by atoms with van der Waals surface area (Å²) in [6.07, 6.45) is 7.51. The fourth-order valence-corrected chi connectivity index (χ4v) is 8.60. The van der Waals surface area contributed by atoms with Crippen molar-refractivity contribution in [2.24, 2.45) is 0 Å². The molecule has 0 N–H and O–H groups in total. The molecular weight excluding hydrogens is 1000 g/mol. The van der Waals surface area contributed by atoms with Gasteiger partial charge in [0.05, 0.1) is 0 Å². The standard InChI is InChI=1S/C64H50N3.Ir/c1-44-31-34-65-62(37-44)54-21-17-47(18-22-54)13-15-49-40-50(16-14-48-19-23-55(24-20-48)63-38-45(2)32-35-66-63)42-57(41-49)58-11-7-8-12-59(58)60-30-29-56(64-39-46(3)33-36-67-64)43-61(60)53-27-25-52(26-28-53)51-9-5-4-6-10-51;/h4-12,17-21,23,25-28,30-43H,13-16H2,1-3H3;/q-3;+3/i1D3,2D3,3D3;. The number of aromatic nitrogens is 3. The van der Waals surface area contributed by atoms with Crippen LogP contribution >= 0.6 is 0 Å². The van der Waals surface area contributed by atoms with E-state index in [2.05, 4.69) is 112 Å².